The van der Waals surface area contributed by atoms with Gasteiger partial charge in [0, 0.05) is 45.4 Å². The highest BCUT2D eigenvalue weighted by atomic mass is 19.1. The predicted octanol–water partition coefficient (Wildman–Crippen LogP) is 2.31. The molecule has 1 aromatic carbocycles. The Kier molecular flexibility index (Phi) is 4.03. The molecule has 0 bridgehead atoms. The van der Waals surface area contributed by atoms with E-state index in [0.29, 0.717) is 12.5 Å². The Bertz CT molecular complexity index is 626. The van der Waals surface area contributed by atoms with E-state index in [4.69, 9.17) is 4.74 Å². The van der Waals surface area contributed by atoms with Gasteiger partial charge in [-0.2, -0.15) is 0 Å². The number of aromatic nitrogens is 2. The molecule has 0 unspecified atom stereocenters. The van der Waals surface area contributed by atoms with Crippen LogP contribution in [0.15, 0.2) is 30.6 Å². The molecule has 0 N–H and O–H groups in total. The lowest BCUT2D eigenvalue weighted by Gasteiger charge is -2.32. The van der Waals surface area contributed by atoms with Crippen molar-refractivity contribution in [1.29, 1.82) is 0 Å². The van der Waals surface area contributed by atoms with E-state index < -0.39 is 0 Å². The molecule has 0 saturated heterocycles. The number of ether oxygens (including phenoxy) is 1. The summed E-state index contributed by atoms with van der Waals surface area (Å²) >= 11 is 0. The lowest BCUT2D eigenvalue weighted by molar-refractivity contribution is 0.132. The number of aryl methyl sites for hydroxylation is 1. The first-order valence-corrected chi connectivity index (χ1v) is 7.13. The molecule has 0 saturated carbocycles. The van der Waals surface area contributed by atoms with E-state index in [2.05, 4.69) is 14.5 Å². The molecular weight excluding hydrogens is 269 g/mol. The molecule has 0 radical (unpaired) electrons. The predicted molar refractivity (Wildman–Crippen MR) is 78.3 cm³/mol. The highest BCUT2D eigenvalue weighted by Crippen LogP contribution is 2.28. The van der Waals surface area contributed by atoms with Gasteiger partial charge in [0.25, 0.3) is 0 Å². The van der Waals surface area contributed by atoms with E-state index in [-0.39, 0.29) is 5.82 Å². The molecule has 1 aromatic heterocycles. The van der Waals surface area contributed by atoms with Gasteiger partial charge in [-0.1, -0.05) is 12.1 Å². The van der Waals surface area contributed by atoms with Crippen molar-refractivity contribution < 1.29 is 9.13 Å². The summed E-state index contributed by atoms with van der Waals surface area (Å²) in [4.78, 5) is 6.79. The van der Waals surface area contributed by atoms with Gasteiger partial charge in [0.15, 0.2) is 0 Å². The number of rotatable bonds is 4. The Balaban J connectivity index is 1.80. The maximum atomic E-state index is 13.3. The molecule has 3 rings (SSSR count). The third kappa shape index (κ3) is 2.99. The topological polar surface area (TPSA) is 30.3 Å². The van der Waals surface area contributed by atoms with Gasteiger partial charge in [0.05, 0.1) is 18.6 Å². The van der Waals surface area contributed by atoms with Crippen molar-refractivity contribution in [3.63, 3.8) is 0 Å². The second kappa shape index (κ2) is 5.95. The van der Waals surface area contributed by atoms with Crippen LogP contribution in [0.3, 0.4) is 0 Å². The fourth-order valence-electron chi connectivity index (χ4n) is 3.15. The molecule has 1 atom stereocenters. The Hall–Kier alpha value is -1.72. The fourth-order valence-corrected chi connectivity index (χ4v) is 3.15. The van der Waals surface area contributed by atoms with Gasteiger partial charge in [-0.15, -0.1) is 0 Å². The van der Waals surface area contributed by atoms with Crippen LogP contribution in [0.4, 0.5) is 4.39 Å². The van der Waals surface area contributed by atoms with E-state index >= 15 is 0 Å². The molecular formula is C16H20FN3O. The quantitative estimate of drug-likeness (QED) is 0.865. The Morgan fingerprint density at radius 3 is 3.05 bits per heavy atom. The van der Waals surface area contributed by atoms with Gasteiger partial charge in [0.2, 0.25) is 0 Å². The zero-order valence-corrected chi connectivity index (χ0v) is 12.4. The minimum Gasteiger partial charge on any atom is -0.384 e. The van der Waals surface area contributed by atoms with Gasteiger partial charge in [-0.3, -0.25) is 4.90 Å². The zero-order valence-electron chi connectivity index (χ0n) is 12.4. The van der Waals surface area contributed by atoms with Gasteiger partial charge < -0.3 is 9.30 Å². The number of fused-ring (bicyclic) bond motifs is 1. The third-order valence-corrected chi connectivity index (χ3v) is 3.96. The molecule has 112 valence electrons. The Labute approximate surface area is 124 Å². The van der Waals surface area contributed by atoms with Crippen molar-refractivity contribution in [2.75, 3.05) is 20.3 Å². The largest absolute Gasteiger partial charge is 0.384 e. The molecule has 2 aromatic rings. The standard InChI is InChI=1S/C16H20FN3O/c1-19-11-18-15-9-20(8-13(10-21-2)16(15)19)7-12-4-3-5-14(17)6-12/h3-6,11,13H,7-10H2,1-2H3/t13-/m0/s1. The van der Waals surface area contributed by atoms with E-state index in [0.717, 1.165) is 30.9 Å². The minimum absolute atomic E-state index is 0.184. The number of benzene rings is 1. The SMILES string of the molecule is COC[C@@H]1CN(Cc2cccc(F)c2)Cc2ncn(C)c21. The number of hydrogen-bond acceptors (Lipinski definition) is 3. The maximum Gasteiger partial charge on any atom is 0.123 e. The maximum absolute atomic E-state index is 13.3. The van der Waals surface area contributed by atoms with Crippen LogP contribution in [-0.4, -0.2) is 34.7 Å². The highest BCUT2D eigenvalue weighted by Gasteiger charge is 2.28. The van der Waals surface area contributed by atoms with Crippen LogP contribution in [0.5, 0.6) is 0 Å². The molecule has 4 nitrogen and oxygen atoms in total. The van der Waals surface area contributed by atoms with Crippen molar-refractivity contribution in [3.05, 3.63) is 53.4 Å². The van der Waals surface area contributed by atoms with Crippen LogP contribution < -0.4 is 0 Å². The summed E-state index contributed by atoms with van der Waals surface area (Å²) < 4.78 is 20.7. The minimum atomic E-state index is -0.184. The summed E-state index contributed by atoms with van der Waals surface area (Å²) in [5, 5.41) is 0. The van der Waals surface area contributed by atoms with E-state index in [1.165, 1.54) is 11.8 Å². The lowest BCUT2D eigenvalue weighted by atomic mass is 9.98. The fraction of sp³-hybridized carbons (Fsp3) is 0.438. The van der Waals surface area contributed by atoms with Gasteiger partial charge in [-0.25, -0.2) is 9.37 Å². The summed E-state index contributed by atoms with van der Waals surface area (Å²) in [7, 11) is 3.75. The average molecular weight is 289 g/mol. The van der Waals surface area contributed by atoms with Gasteiger partial charge in [-0.05, 0) is 17.7 Å². The van der Waals surface area contributed by atoms with Crippen molar-refractivity contribution in [1.82, 2.24) is 14.5 Å². The Morgan fingerprint density at radius 2 is 2.29 bits per heavy atom. The van der Waals surface area contributed by atoms with Crippen LogP contribution in [0.2, 0.25) is 0 Å². The zero-order chi connectivity index (χ0) is 14.8. The number of methoxy groups -OCH3 is 1. The molecule has 5 heteroatoms. The number of halogens is 1. The van der Waals surface area contributed by atoms with Crippen LogP contribution in [0.1, 0.15) is 22.9 Å². The first kappa shape index (κ1) is 14.2. The summed E-state index contributed by atoms with van der Waals surface area (Å²) in [5.74, 6) is 0.122. The molecule has 2 heterocycles. The van der Waals surface area contributed by atoms with E-state index in [9.17, 15) is 4.39 Å². The summed E-state index contributed by atoms with van der Waals surface area (Å²) in [6, 6.07) is 6.79. The molecule has 1 aliphatic heterocycles. The number of nitrogens with zero attached hydrogens (tertiary/aromatic N) is 3. The number of hydrogen-bond donors (Lipinski definition) is 0. The summed E-state index contributed by atoms with van der Waals surface area (Å²) in [6.07, 6.45) is 1.86. The van der Waals surface area contributed by atoms with Crippen molar-refractivity contribution >= 4 is 0 Å². The van der Waals surface area contributed by atoms with Crippen LogP contribution in [-0.2, 0) is 24.9 Å². The second-order valence-electron chi connectivity index (χ2n) is 5.64. The molecule has 21 heavy (non-hydrogen) atoms. The van der Waals surface area contributed by atoms with Gasteiger partial charge >= 0.3 is 0 Å². The smallest absolute Gasteiger partial charge is 0.123 e. The molecule has 0 aliphatic carbocycles. The first-order valence-electron chi connectivity index (χ1n) is 7.13. The summed E-state index contributed by atoms with van der Waals surface area (Å²) in [6.45, 7) is 3.10. The van der Waals surface area contributed by atoms with E-state index in [1.54, 1.807) is 19.2 Å². The van der Waals surface area contributed by atoms with Crippen LogP contribution >= 0.6 is 0 Å². The highest BCUT2D eigenvalue weighted by molar-refractivity contribution is 5.23. The first-order chi connectivity index (χ1) is 10.2. The van der Waals surface area contributed by atoms with Crippen LogP contribution in [0, 0.1) is 5.82 Å². The average Bonchev–Trinajstić information content (AvgIpc) is 2.81. The van der Waals surface area contributed by atoms with Crippen molar-refractivity contribution in [2.45, 2.75) is 19.0 Å². The monoisotopic (exact) mass is 289 g/mol. The lowest BCUT2D eigenvalue weighted by Crippen LogP contribution is -2.35. The summed E-state index contributed by atoms with van der Waals surface area (Å²) in [5.41, 5.74) is 3.35. The van der Waals surface area contributed by atoms with Gasteiger partial charge in [0.1, 0.15) is 5.82 Å². The van der Waals surface area contributed by atoms with Crippen molar-refractivity contribution in [3.8, 4) is 0 Å². The molecule has 1 aliphatic rings. The van der Waals surface area contributed by atoms with Crippen molar-refractivity contribution in [2.24, 2.45) is 7.05 Å². The molecule has 0 spiro atoms. The normalized spacial score (nSPS) is 18.7. The van der Waals surface area contributed by atoms with E-state index in [1.807, 2.05) is 19.4 Å². The number of imidazole rings is 1. The third-order valence-electron chi connectivity index (χ3n) is 3.96. The van der Waals surface area contributed by atoms with Crippen LogP contribution in [0.25, 0.3) is 0 Å². The Morgan fingerprint density at radius 1 is 1.43 bits per heavy atom. The second-order valence-corrected chi connectivity index (χ2v) is 5.64. The molecule has 0 amide bonds. The molecule has 0 fully saturated rings.